The number of ether oxygens (including phenoxy) is 2. The van der Waals surface area contributed by atoms with Crippen LogP contribution in [0.15, 0.2) is 78.0 Å². The summed E-state index contributed by atoms with van der Waals surface area (Å²) in [5.41, 5.74) is 4.84. The maximum absolute atomic E-state index is 14.0. The number of carbonyl (C=O) groups is 2. The van der Waals surface area contributed by atoms with Gasteiger partial charge in [-0.1, -0.05) is 48.9 Å². The Kier molecular flexibility index (Phi) is 6.94. The van der Waals surface area contributed by atoms with E-state index in [1.807, 2.05) is 61.5 Å². The zero-order valence-electron chi connectivity index (χ0n) is 21.1. The molecule has 1 amide bonds. The fraction of sp³-hybridized carbons (Fsp3) is 0.267. The van der Waals surface area contributed by atoms with Crippen LogP contribution >= 0.6 is 11.6 Å². The van der Waals surface area contributed by atoms with Crippen LogP contribution in [0.4, 0.5) is 11.4 Å². The molecule has 0 fully saturated rings. The molecule has 1 aliphatic carbocycles. The van der Waals surface area contributed by atoms with Crippen molar-refractivity contribution in [1.29, 1.82) is 0 Å². The second kappa shape index (κ2) is 10.3. The zero-order valence-corrected chi connectivity index (χ0v) is 21.8. The Bertz CT molecular complexity index is 1380. The van der Waals surface area contributed by atoms with Crippen LogP contribution in [0.2, 0.25) is 5.02 Å². The first kappa shape index (κ1) is 24.9. The van der Waals surface area contributed by atoms with Gasteiger partial charge < -0.3 is 14.8 Å². The summed E-state index contributed by atoms with van der Waals surface area (Å²) in [7, 11) is 3.21. The maximum Gasteiger partial charge on any atom is 0.227 e. The van der Waals surface area contributed by atoms with E-state index in [1.54, 1.807) is 31.3 Å². The largest absolute Gasteiger partial charge is 0.493 e. The summed E-state index contributed by atoms with van der Waals surface area (Å²) >= 11 is 6.20. The van der Waals surface area contributed by atoms with Gasteiger partial charge in [-0.15, -0.1) is 0 Å². The van der Waals surface area contributed by atoms with Crippen LogP contribution in [0.3, 0.4) is 0 Å². The van der Waals surface area contributed by atoms with Crippen LogP contribution < -0.4 is 19.7 Å². The van der Waals surface area contributed by atoms with Gasteiger partial charge in [0.2, 0.25) is 5.91 Å². The number of rotatable bonds is 5. The number of hydrogen-bond acceptors (Lipinski definition) is 5. The topological polar surface area (TPSA) is 67.9 Å². The number of ketones is 1. The van der Waals surface area contributed by atoms with Gasteiger partial charge in [0.1, 0.15) is 0 Å². The van der Waals surface area contributed by atoms with Gasteiger partial charge in [0.05, 0.1) is 31.6 Å². The van der Waals surface area contributed by atoms with Gasteiger partial charge in [0, 0.05) is 29.1 Å². The Morgan fingerprint density at radius 3 is 2.38 bits per heavy atom. The third-order valence-corrected chi connectivity index (χ3v) is 7.38. The standard InChI is InChI=1S/C30H29ClN2O4/c1-4-28(35)33-24-8-6-5-7-22(24)32-23-15-20(19-11-14-26(36-2)27(17-19)37-3)16-25(34)29(23)30(33)18-9-12-21(31)13-10-18/h5-14,17,20,30,32H,4,15-16H2,1-3H3/t20-,30+/m1/s1. The number of halogens is 1. The summed E-state index contributed by atoms with van der Waals surface area (Å²) in [4.78, 5) is 29.2. The van der Waals surface area contributed by atoms with Crippen molar-refractivity contribution in [2.24, 2.45) is 0 Å². The number of benzene rings is 3. The van der Waals surface area contributed by atoms with Gasteiger partial charge in [-0.2, -0.15) is 0 Å². The summed E-state index contributed by atoms with van der Waals surface area (Å²) < 4.78 is 10.9. The number of anilines is 2. The lowest BCUT2D eigenvalue weighted by molar-refractivity contribution is -0.119. The highest BCUT2D eigenvalue weighted by Gasteiger charge is 2.41. The normalized spacial score (nSPS) is 18.9. The molecule has 0 saturated carbocycles. The molecule has 37 heavy (non-hydrogen) atoms. The molecule has 0 saturated heterocycles. The van der Waals surface area contributed by atoms with Crippen LogP contribution in [-0.2, 0) is 9.59 Å². The number of Topliss-reactive ketones (excluding diaryl/α,β-unsaturated/α-hetero) is 1. The highest BCUT2D eigenvalue weighted by atomic mass is 35.5. The molecular formula is C30H29ClN2O4. The van der Waals surface area contributed by atoms with E-state index in [4.69, 9.17) is 21.1 Å². The molecule has 190 valence electrons. The van der Waals surface area contributed by atoms with E-state index in [0.717, 1.165) is 28.2 Å². The van der Waals surface area contributed by atoms with Crippen molar-refractivity contribution in [3.63, 3.8) is 0 Å². The third-order valence-electron chi connectivity index (χ3n) is 7.12. The Morgan fingerprint density at radius 1 is 0.973 bits per heavy atom. The minimum atomic E-state index is -0.560. The number of nitrogens with zero attached hydrogens (tertiary/aromatic N) is 1. The van der Waals surface area contributed by atoms with E-state index >= 15 is 0 Å². The van der Waals surface area contributed by atoms with Crippen molar-refractivity contribution in [3.8, 4) is 11.5 Å². The van der Waals surface area contributed by atoms with Gasteiger partial charge >= 0.3 is 0 Å². The molecule has 0 bridgehead atoms. The summed E-state index contributed by atoms with van der Waals surface area (Å²) in [5.74, 6) is 1.18. The van der Waals surface area contributed by atoms with E-state index in [2.05, 4.69) is 5.32 Å². The number of carbonyl (C=O) groups excluding carboxylic acids is 2. The number of para-hydroxylation sites is 2. The number of hydrogen-bond donors (Lipinski definition) is 1. The Labute approximate surface area is 221 Å². The van der Waals surface area contributed by atoms with Crippen molar-refractivity contribution in [3.05, 3.63) is 94.1 Å². The molecule has 0 unspecified atom stereocenters. The number of fused-ring (bicyclic) bond motifs is 1. The number of methoxy groups -OCH3 is 2. The van der Waals surface area contributed by atoms with E-state index in [0.29, 0.717) is 41.4 Å². The number of nitrogens with one attached hydrogen (secondary N) is 1. The molecule has 5 rings (SSSR count). The SMILES string of the molecule is CCC(=O)N1c2ccccc2NC2=C(C(=O)C[C@H](c3ccc(OC)c(OC)c3)C2)[C@@H]1c1ccc(Cl)cc1. The summed E-state index contributed by atoms with van der Waals surface area (Å²) in [6, 6.07) is 20.4. The van der Waals surface area contributed by atoms with Crippen molar-refractivity contribution >= 4 is 34.7 Å². The van der Waals surface area contributed by atoms with Crippen LogP contribution in [0, 0.1) is 0 Å². The predicted molar refractivity (Wildman–Crippen MR) is 146 cm³/mol. The first-order chi connectivity index (χ1) is 17.9. The van der Waals surface area contributed by atoms with Crippen LogP contribution in [-0.4, -0.2) is 25.9 Å². The molecule has 7 heteroatoms. The first-order valence-corrected chi connectivity index (χ1v) is 12.7. The molecular weight excluding hydrogens is 488 g/mol. The monoisotopic (exact) mass is 516 g/mol. The quantitative estimate of drug-likeness (QED) is 0.410. The molecule has 3 aromatic rings. The van der Waals surface area contributed by atoms with Crippen molar-refractivity contribution in [1.82, 2.24) is 0 Å². The van der Waals surface area contributed by atoms with Gasteiger partial charge in [0.15, 0.2) is 17.3 Å². The second-order valence-electron chi connectivity index (χ2n) is 9.25. The molecule has 1 heterocycles. The van der Waals surface area contributed by atoms with E-state index < -0.39 is 6.04 Å². The lowest BCUT2D eigenvalue weighted by Gasteiger charge is -2.35. The van der Waals surface area contributed by atoms with Crippen LogP contribution in [0.5, 0.6) is 11.5 Å². The molecule has 3 aromatic carbocycles. The number of amides is 1. The van der Waals surface area contributed by atoms with E-state index in [1.165, 1.54) is 0 Å². The lowest BCUT2D eigenvalue weighted by atomic mass is 9.78. The predicted octanol–water partition coefficient (Wildman–Crippen LogP) is 6.67. The van der Waals surface area contributed by atoms with Gasteiger partial charge in [-0.3, -0.25) is 14.5 Å². The van der Waals surface area contributed by atoms with Gasteiger partial charge in [-0.05, 0) is 59.9 Å². The molecule has 2 atom stereocenters. The summed E-state index contributed by atoms with van der Waals surface area (Å²) in [6.07, 6.45) is 1.25. The van der Waals surface area contributed by atoms with Crippen LogP contribution in [0.1, 0.15) is 49.3 Å². The Balaban J connectivity index is 1.67. The average Bonchev–Trinajstić information content (AvgIpc) is 3.07. The molecule has 1 aliphatic heterocycles. The summed E-state index contributed by atoms with van der Waals surface area (Å²) in [5, 5.41) is 4.14. The first-order valence-electron chi connectivity index (χ1n) is 12.4. The van der Waals surface area contributed by atoms with Gasteiger partial charge in [0.25, 0.3) is 0 Å². The Hall–Kier alpha value is -3.77. The van der Waals surface area contributed by atoms with Crippen molar-refractivity contribution in [2.75, 3.05) is 24.4 Å². The number of allylic oxidation sites excluding steroid dienone is 1. The highest BCUT2D eigenvalue weighted by molar-refractivity contribution is 6.30. The zero-order chi connectivity index (χ0) is 26.1. The second-order valence-corrected chi connectivity index (χ2v) is 9.68. The molecule has 0 radical (unpaired) electrons. The molecule has 2 aliphatic rings. The summed E-state index contributed by atoms with van der Waals surface area (Å²) in [6.45, 7) is 1.84. The van der Waals surface area contributed by atoms with E-state index in [-0.39, 0.29) is 17.6 Å². The molecule has 6 nitrogen and oxygen atoms in total. The third kappa shape index (κ3) is 4.58. The maximum atomic E-state index is 14.0. The molecule has 0 spiro atoms. The highest BCUT2D eigenvalue weighted by Crippen LogP contribution is 2.48. The van der Waals surface area contributed by atoms with Gasteiger partial charge in [-0.25, -0.2) is 0 Å². The minimum absolute atomic E-state index is 0.00944. The van der Waals surface area contributed by atoms with Crippen molar-refractivity contribution < 1.29 is 19.1 Å². The Morgan fingerprint density at radius 2 is 1.68 bits per heavy atom. The minimum Gasteiger partial charge on any atom is -0.493 e. The van der Waals surface area contributed by atoms with Crippen molar-refractivity contribution in [2.45, 2.75) is 38.1 Å². The lowest BCUT2D eigenvalue weighted by Crippen LogP contribution is -2.38. The van der Waals surface area contributed by atoms with Crippen LogP contribution in [0.25, 0.3) is 0 Å². The fourth-order valence-electron chi connectivity index (χ4n) is 5.34. The fourth-order valence-corrected chi connectivity index (χ4v) is 5.46. The smallest absolute Gasteiger partial charge is 0.227 e. The average molecular weight is 517 g/mol. The molecule has 0 aromatic heterocycles. The van der Waals surface area contributed by atoms with E-state index in [9.17, 15) is 9.59 Å². The molecule has 1 N–H and O–H groups in total.